The molecule has 0 bridgehead atoms. The summed E-state index contributed by atoms with van der Waals surface area (Å²) < 4.78 is 5.58. The van der Waals surface area contributed by atoms with Crippen LogP contribution in [0.4, 0.5) is 5.69 Å². The number of para-hydroxylation sites is 1. The van der Waals surface area contributed by atoms with Gasteiger partial charge < -0.3 is 10.1 Å². The monoisotopic (exact) mass is 311 g/mol. The molecule has 0 aliphatic rings. The number of aryl methyl sites for hydroxylation is 1. The molecule has 0 radical (unpaired) electrons. The van der Waals surface area contributed by atoms with Crippen molar-refractivity contribution in [1.82, 2.24) is 0 Å². The summed E-state index contributed by atoms with van der Waals surface area (Å²) in [6.07, 6.45) is 4.66. The number of ether oxygens (including phenoxy) is 1. The molecule has 0 saturated carbocycles. The van der Waals surface area contributed by atoms with Crippen LogP contribution in [0.1, 0.15) is 38.2 Å². The molecule has 2 aromatic carbocycles. The summed E-state index contributed by atoms with van der Waals surface area (Å²) in [7, 11) is 0. The van der Waals surface area contributed by atoms with Gasteiger partial charge in [-0.2, -0.15) is 0 Å². The van der Waals surface area contributed by atoms with Gasteiger partial charge in [-0.05, 0) is 49.1 Å². The van der Waals surface area contributed by atoms with Gasteiger partial charge in [-0.15, -0.1) is 0 Å². The van der Waals surface area contributed by atoms with Crippen molar-refractivity contribution in [3.63, 3.8) is 0 Å². The number of anilines is 1. The smallest absolute Gasteiger partial charge is 0.224 e. The second kappa shape index (κ2) is 9.67. The molecule has 1 amide bonds. The van der Waals surface area contributed by atoms with E-state index in [2.05, 4.69) is 24.4 Å². The van der Waals surface area contributed by atoms with Crippen LogP contribution in [0.15, 0.2) is 54.6 Å². The van der Waals surface area contributed by atoms with Crippen molar-refractivity contribution >= 4 is 11.6 Å². The number of hydrogen-bond acceptors (Lipinski definition) is 2. The van der Waals surface area contributed by atoms with Crippen molar-refractivity contribution in [2.75, 3.05) is 11.9 Å². The topological polar surface area (TPSA) is 38.3 Å². The molecule has 23 heavy (non-hydrogen) atoms. The number of benzene rings is 2. The first-order valence-electron chi connectivity index (χ1n) is 8.34. The first-order chi connectivity index (χ1) is 11.3. The van der Waals surface area contributed by atoms with Crippen LogP contribution in [-0.4, -0.2) is 12.5 Å². The fourth-order valence-corrected chi connectivity index (χ4v) is 2.30. The highest BCUT2D eigenvalue weighted by molar-refractivity contribution is 5.90. The molecule has 0 aromatic heterocycles. The van der Waals surface area contributed by atoms with Gasteiger partial charge in [-0.1, -0.05) is 43.7 Å². The Balaban J connectivity index is 1.66. The molecule has 0 atom stereocenters. The summed E-state index contributed by atoms with van der Waals surface area (Å²) in [5.74, 6) is 0.874. The van der Waals surface area contributed by atoms with Crippen molar-refractivity contribution < 1.29 is 9.53 Å². The standard InChI is InChI=1S/C20H25NO2/c1-2-3-8-17-12-14-18(15-13-17)21-20(22)11-7-16-23-19-9-5-4-6-10-19/h4-6,9-10,12-15H,2-3,7-8,11,16H2,1H3,(H,21,22). The molecule has 0 aliphatic heterocycles. The summed E-state index contributed by atoms with van der Waals surface area (Å²) in [6, 6.07) is 17.8. The van der Waals surface area contributed by atoms with E-state index in [1.165, 1.54) is 18.4 Å². The Bertz CT molecular complexity index is 578. The number of nitrogens with one attached hydrogen (secondary N) is 1. The average Bonchev–Trinajstić information content (AvgIpc) is 2.59. The molecule has 0 fully saturated rings. The first-order valence-corrected chi connectivity index (χ1v) is 8.34. The lowest BCUT2D eigenvalue weighted by Crippen LogP contribution is -2.12. The third-order valence-electron chi connectivity index (χ3n) is 3.62. The molecule has 0 spiro atoms. The van der Waals surface area contributed by atoms with Gasteiger partial charge in [-0.3, -0.25) is 4.79 Å². The fraction of sp³-hybridized carbons (Fsp3) is 0.350. The van der Waals surface area contributed by atoms with Crippen LogP contribution in [-0.2, 0) is 11.2 Å². The van der Waals surface area contributed by atoms with Crippen LogP contribution in [0.3, 0.4) is 0 Å². The molecule has 1 N–H and O–H groups in total. The third-order valence-corrected chi connectivity index (χ3v) is 3.62. The number of rotatable bonds is 9. The molecule has 0 unspecified atom stereocenters. The number of carbonyl (C=O) groups is 1. The highest BCUT2D eigenvalue weighted by Gasteiger charge is 2.03. The Labute approximate surface area is 138 Å². The molecule has 3 nitrogen and oxygen atoms in total. The summed E-state index contributed by atoms with van der Waals surface area (Å²) in [5, 5.41) is 2.93. The van der Waals surface area contributed by atoms with Crippen molar-refractivity contribution in [1.29, 1.82) is 0 Å². The predicted octanol–water partition coefficient (Wildman–Crippen LogP) is 4.83. The summed E-state index contributed by atoms with van der Waals surface area (Å²) in [5.41, 5.74) is 2.18. The van der Waals surface area contributed by atoms with Gasteiger partial charge in [-0.25, -0.2) is 0 Å². The second-order valence-electron chi connectivity index (χ2n) is 5.61. The van der Waals surface area contributed by atoms with Crippen LogP contribution < -0.4 is 10.1 Å². The molecule has 122 valence electrons. The molecule has 0 saturated heterocycles. The van der Waals surface area contributed by atoms with Crippen LogP contribution in [0.2, 0.25) is 0 Å². The number of hydrogen-bond donors (Lipinski definition) is 1. The van der Waals surface area contributed by atoms with Crippen molar-refractivity contribution in [2.24, 2.45) is 0 Å². The molecule has 0 heterocycles. The van der Waals surface area contributed by atoms with Crippen LogP contribution in [0.5, 0.6) is 5.75 Å². The highest BCUT2D eigenvalue weighted by Crippen LogP contribution is 2.13. The van der Waals surface area contributed by atoms with Crippen LogP contribution in [0, 0.1) is 0 Å². The predicted molar refractivity (Wildman–Crippen MR) is 94.9 cm³/mol. The zero-order valence-corrected chi connectivity index (χ0v) is 13.8. The van der Waals surface area contributed by atoms with E-state index < -0.39 is 0 Å². The minimum atomic E-state index is 0.0305. The molecular formula is C20H25NO2. The maximum absolute atomic E-state index is 11.9. The van der Waals surface area contributed by atoms with E-state index in [1.807, 2.05) is 42.5 Å². The molecule has 2 aromatic rings. The lowest BCUT2D eigenvalue weighted by atomic mass is 10.1. The number of unbranched alkanes of at least 4 members (excludes halogenated alkanes) is 1. The van der Waals surface area contributed by atoms with E-state index in [-0.39, 0.29) is 5.91 Å². The Morgan fingerprint density at radius 2 is 1.74 bits per heavy atom. The van der Waals surface area contributed by atoms with Crippen molar-refractivity contribution in [3.05, 3.63) is 60.2 Å². The van der Waals surface area contributed by atoms with Crippen molar-refractivity contribution in [2.45, 2.75) is 39.0 Å². The van der Waals surface area contributed by atoms with Crippen LogP contribution in [0.25, 0.3) is 0 Å². The number of carbonyl (C=O) groups excluding carboxylic acids is 1. The van der Waals surface area contributed by atoms with Gasteiger partial charge in [0.1, 0.15) is 5.75 Å². The molecule has 0 aliphatic carbocycles. The maximum Gasteiger partial charge on any atom is 0.224 e. The quantitative estimate of drug-likeness (QED) is 0.674. The molecule has 2 rings (SSSR count). The third kappa shape index (κ3) is 6.55. The maximum atomic E-state index is 11.9. The largest absolute Gasteiger partial charge is 0.494 e. The van der Waals surface area contributed by atoms with Gasteiger partial charge in [0.25, 0.3) is 0 Å². The minimum absolute atomic E-state index is 0.0305. The van der Waals surface area contributed by atoms with E-state index >= 15 is 0 Å². The van der Waals surface area contributed by atoms with Gasteiger partial charge in [0.2, 0.25) is 5.91 Å². The highest BCUT2D eigenvalue weighted by atomic mass is 16.5. The van der Waals surface area contributed by atoms with Gasteiger partial charge in [0.15, 0.2) is 0 Å². The summed E-state index contributed by atoms with van der Waals surface area (Å²) in [4.78, 5) is 11.9. The zero-order chi connectivity index (χ0) is 16.3. The van der Waals surface area contributed by atoms with Crippen molar-refractivity contribution in [3.8, 4) is 5.75 Å². The Morgan fingerprint density at radius 3 is 2.43 bits per heavy atom. The lowest BCUT2D eigenvalue weighted by molar-refractivity contribution is -0.116. The van der Waals surface area contributed by atoms with Gasteiger partial charge in [0.05, 0.1) is 6.61 Å². The van der Waals surface area contributed by atoms with E-state index in [0.29, 0.717) is 19.4 Å². The number of amides is 1. The molecule has 3 heteroatoms. The minimum Gasteiger partial charge on any atom is -0.494 e. The van der Waals surface area contributed by atoms with Crippen LogP contribution >= 0.6 is 0 Å². The average molecular weight is 311 g/mol. The summed E-state index contributed by atoms with van der Waals surface area (Å²) >= 11 is 0. The SMILES string of the molecule is CCCCc1ccc(NC(=O)CCCOc2ccccc2)cc1. The fourth-order valence-electron chi connectivity index (χ4n) is 2.30. The zero-order valence-electron chi connectivity index (χ0n) is 13.8. The Hall–Kier alpha value is -2.29. The first kappa shape index (κ1) is 17.1. The second-order valence-corrected chi connectivity index (χ2v) is 5.61. The van der Waals surface area contributed by atoms with E-state index in [4.69, 9.17) is 4.74 Å². The lowest BCUT2D eigenvalue weighted by Gasteiger charge is -2.08. The van der Waals surface area contributed by atoms with E-state index in [1.54, 1.807) is 0 Å². The van der Waals surface area contributed by atoms with Gasteiger partial charge >= 0.3 is 0 Å². The molecular weight excluding hydrogens is 286 g/mol. The normalized spacial score (nSPS) is 10.3. The summed E-state index contributed by atoms with van der Waals surface area (Å²) in [6.45, 7) is 2.74. The Morgan fingerprint density at radius 1 is 1.00 bits per heavy atom. The van der Waals surface area contributed by atoms with E-state index in [0.717, 1.165) is 17.9 Å². The van der Waals surface area contributed by atoms with Gasteiger partial charge in [0, 0.05) is 12.1 Å². The van der Waals surface area contributed by atoms with E-state index in [9.17, 15) is 4.79 Å². The Kier molecular flexibility index (Phi) is 7.18.